The van der Waals surface area contributed by atoms with Gasteiger partial charge in [-0.1, -0.05) is 35.4 Å². The summed E-state index contributed by atoms with van der Waals surface area (Å²) in [5, 5.41) is 0. The maximum Gasteiger partial charge on any atom is 0.354 e. The first-order valence-electron chi connectivity index (χ1n) is 10.7. The predicted octanol–water partition coefficient (Wildman–Crippen LogP) is 2.21. The molecular weight excluding hydrogens is 440 g/mol. The molecule has 0 saturated carbocycles. The zero-order chi connectivity index (χ0) is 24.2. The normalized spacial score (nSPS) is 19.5. The SMILES string of the molecule is Cc1ccc(C(=O)OC[C@H]2O[C@H](n3cnc(N)nc3=O)CC2OC(=O)c2ccc(C)cc2)cc1. The number of aryl methyl sites for hydroxylation is 2. The van der Waals surface area contributed by atoms with E-state index in [4.69, 9.17) is 19.9 Å². The summed E-state index contributed by atoms with van der Waals surface area (Å²) in [5.41, 5.74) is 7.58. The summed E-state index contributed by atoms with van der Waals surface area (Å²) in [7, 11) is 0. The molecular formula is C24H24N4O6. The van der Waals surface area contributed by atoms with Crippen LogP contribution in [0.1, 0.15) is 44.5 Å². The number of carbonyl (C=O) groups excluding carboxylic acids is 2. The van der Waals surface area contributed by atoms with Crippen molar-refractivity contribution in [3.05, 3.63) is 87.6 Å². The summed E-state index contributed by atoms with van der Waals surface area (Å²) in [6.07, 6.45) is -1.06. The minimum atomic E-state index is -0.827. The number of benzene rings is 2. The molecule has 1 unspecified atom stereocenters. The second-order valence-corrected chi connectivity index (χ2v) is 8.04. The predicted molar refractivity (Wildman–Crippen MR) is 121 cm³/mol. The number of anilines is 1. The van der Waals surface area contributed by atoms with Crippen molar-refractivity contribution in [3.8, 4) is 0 Å². The fraction of sp³-hybridized carbons (Fsp3) is 0.292. The molecule has 2 heterocycles. The van der Waals surface area contributed by atoms with Crippen molar-refractivity contribution in [1.29, 1.82) is 0 Å². The van der Waals surface area contributed by atoms with E-state index < -0.39 is 36.1 Å². The lowest BCUT2D eigenvalue weighted by Crippen LogP contribution is -2.32. The maximum absolute atomic E-state index is 12.7. The van der Waals surface area contributed by atoms with Gasteiger partial charge in [0.2, 0.25) is 5.95 Å². The number of esters is 2. The van der Waals surface area contributed by atoms with Crippen LogP contribution >= 0.6 is 0 Å². The first kappa shape index (κ1) is 23.1. The number of aromatic nitrogens is 3. The Morgan fingerprint density at radius 2 is 1.62 bits per heavy atom. The lowest BCUT2D eigenvalue weighted by Gasteiger charge is -2.19. The third-order valence-electron chi connectivity index (χ3n) is 5.45. The molecule has 4 rings (SSSR count). The molecule has 1 aliphatic rings. The van der Waals surface area contributed by atoms with Crippen molar-refractivity contribution in [2.45, 2.75) is 38.7 Å². The maximum atomic E-state index is 12.7. The molecule has 3 atom stereocenters. The van der Waals surface area contributed by atoms with Crippen molar-refractivity contribution in [1.82, 2.24) is 14.5 Å². The molecule has 1 aromatic heterocycles. The molecule has 0 bridgehead atoms. The van der Waals surface area contributed by atoms with E-state index >= 15 is 0 Å². The summed E-state index contributed by atoms with van der Waals surface area (Å²) in [6, 6.07) is 13.9. The molecule has 0 radical (unpaired) electrons. The fourth-order valence-corrected chi connectivity index (χ4v) is 3.52. The van der Waals surface area contributed by atoms with Gasteiger partial charge in [-0.2, -0.15) is 4.98 Å². The molecule has 0 spiro atoms. The quantitative estimate of drug-likeness (QED) is 0.545. The molecule has 34 heavy (non-hydrogen) atoms. The van der Waals surface area contributed by atoms with E-state index in [0.29, 0.717) is 11.1 Å². The van der Waals surface area contributed by atoms with E-state index in [1.54, 1.807) is 48.5 Å². The van der Waals surface area contributed by atoms with Gasteiger partial charge in [0, 0.05) is 6.42 Å². The van der Waals surface area contributed by atoms with Gasteiger partial charge in [0.05, 0.1) is 11.1 Å². The Morgan fingerprint density at radius 3 is 2.21 bits per heavy atom. The minimum Gasteiger partial charge on any atom is -0.459 e. The van der Waals surface area contributed by atoms with Gasteiger partial charge in [0.25, 0.3) is 0 Å². The van der Waals surface area contributed by atoms with Gasteiger partial charge >= 0.3 is 17.6 Å². The standard InChI is InChI=1S/C24H24N4O6/c1-14-3-7-16(8-4-14)21(29)32-12-19-18(34-22(30)17-9-5-15(2)6-10-17)11-20(33-19)28-13-26-23(25)27-24(28)31/h3-10,13,18-20H,11-12H2,1-2H3,(H2,25,27,31)/t18?,19-,20+/m1/s1. The van der Waals surface area contributed by atoms with Gasteiger partial charge in [-0.15, -0.1) is 0 Å². The van der Waals surface area contributed by atoms with Crippen LogP contribution in [0.4, 0.5) is 5.95 Å². The highest BCUT2D eigenvalue weighted by Gasteiger charge is 2.40. The van der Waals surface area contributed by atoms with E-state index in [1.807, 2.05) is 13.8 Å². The number of nitrogens with two attached hydrogens (primary N) is 1. The topological polar surface area (TPSA) is 136 Å². The molecule has 3 aromatic rings. The van der Waals surface area contributed by atoms with Crippen LogP contribution in [0.15, 0.2) is 59.7 Å². The Morgan fingerprint density at radius 1 is 1.03 bits per heavy atom. The van der Waals surface area contributed by atoms with Gasteiger partial charge in [-0.05, 0) is 38.1 Å². The highest BCUT2D eigenvalue weighted by molar-refractivity contribution is 5.90. The third kappa shape index (κ3) is 5.29. The summed E-state index contributed by atoms with van der Waals surface area (Å²) >= 11 is 0. The zero-order valence-electron chi connectivity index (χ0n) is 18.7. The van der Waals surface area contributed by atoms with Crippen LogP contribution in [-0.4, -0.2) is 45.3 Å². The number of rotatable bonds is 6. The lowest BCUT2D eigenvalue weighted by atomic mass is 10.1. The number of carbonyl (C=O) groups is 2. The first-order chi connectivity index (χ1) is 16.3. The molecule has 10 nitrogen and oxygen atoms in total. The number of nitrogen functional groups attached to an aromatic ring is 1. The summed E-state index contributed by atoms with van der Waals surface area (Å²) in [5.74, 6) is -1.25. The summed E-state index contributed by atoms with van der Waals surface area (Å²) in [4.78, 5) is 44.9. The summed E-state index contributed by atoms with van der Waals surface area (Å²) in [6.45, 7) is 3.65. The smallest absolute Gasteiger partial charge is 0.354 e. The highest BCUT2D eigenvalue weighted by Crippen LogP contribution is 2.31. The van der Waals surface area contributed by atoms with Crippen molar-refractivity contribution in [3.63, 3.8) is 0 Å². The summed E-state index contributed by atoms with van der Waals surface area (Å²) < 4.78 is 18.2. The van der Waals surface area contributed by atoms with Gasteiger partial charge in [0.15, 0.2) is 0 Å². The molecule has 10 heteroatoms. The van der Waals surface area contributed by atoms with Crippen LogP contribution in [0.25, 0.3) is 0 Å². The van der Waals surface area contributed by atoms with Crippen LogP contribution in [0, 0.1) is 13.8 Å². The third-order valence-corrected chi connectivity index (χ3v) is 5.45. The Bertz CT molecular complexity index is 1240. The van der Waals surface area contributed by atoms with Gasteiger partial charge in [0.1, 0.15) is 31.4 Å². The molecule has 0 amide bonds. The van der Waals surface area contributed by atoms with Crippen LogP contribution in [0.2, 0.25) is 0 Å². The Balaban J connectivity index is 1.50. The number of hydrogen-bond acceptors (Lipinski definition) is 9. The fourth-order valence-electron chi connectivity index (χ4n) is 3.52. The zero-order valence-corrected chi connectivity index (χ0v) is 18.7. The number of ether oxygens (including phenoxy) is 3. The average Bonchev–Trinajstić information content (AvgIpc) is 3.20. The lowest BCUT2D eigenvalue weighted by molar-refractivity contribution is -0.0584. The minimum absolute atomic E-state index is 0.136. The van der Waals surface area contributed by atoms with Crippen molar-refractivity contribution in [2.75, 3.05) is 12.3 Å². The van der Waals surface area contributed by atoms with E-state index in [-0.39, 0.29) is 19.0 Å². The van der Waals surface area contributed by atoms with Crippen molar-refractivity contribution < 1.29 is 23.8 Å². The van der Waals surface area contributed by atoms with Gasteiger partial charge in [-0.25, -0.2) is 19.4 Å². The highest BCUT2D eigenvalue weighted by atomic mass is 16.6. The Labute approximate surface area is 195 Å². The monoisotopic (exact) mass is 464 g/mol. The molecule has 0 aliphatic carbocycles. The molecule has 2 N–H and O–H groups in total. The van der Waals surface area contributed by atoms with Crippen LogP contribution in [0.5, 0.6) is 0 Å². The second kappa shape index (κ2) is 9.84. The molecule has 1 fully saturated rings. The van der Waals surface area contributed by atoms with Crippen molar-refractivity contribution in [2.24, 2.45) is 0 Å². The second-order valence-electron chi connectivity index (χ2n) is 8.04. The van der Waals surface area contributed by atoms with E-state index in [0.717, 1.165) is 15.7 Å². The molecule has 2 aromatic carbocycles. The van der Waals surface area contributed by atoms with E-state index in [2.05, 4.69) is 9.97 Å². The van der Waals surface area contributed by atoms with Gasteiger partial charge < -0.3 is 19.9 Å². The van der Waals surface area contributed by atoms with E-state index in [9.17, 15) is 14.4 Å². The Hall–Kier alpha value is -4.05. The van der Waals surface area contributed by atoms with Gasteiger partial charge in [-0.3, -0.25) is 4.57 Å². The molecule has 1 aliphatic heterocycles. The first-order valence-corrected chi connectivity index (χ1v) is 10.7. The van der Waals surface area contributed by atoms with Crippen molar-refractivity contribution >= 4 is 17.9 Å². The number of hydrogen-bond donors (Lipinski definition) is 1. The number of nitrogens with zero attached hydrogens (tertiary/aromatic N) is 3. The van der Waals surface area contributed by atoms with Crippen LogP contribution in [0.3, 0.4) is 0 Å². The average molecular weight is 464 g/mol. The molecule has 176 valence electrons. The van der Waals surface area contributed by atoms with Crippen LogP contribution < -0.4 is 11.4 Å². The van der Waals surface area contributed by atoms with Crippen LogP contribution in [-0.2, 0) is 14.2 Å². The molecule has 1 saturated heterocycles. The largest absolute Gasteiger partial charge is 0.459 e. The van der Waals surface area contributed by atoms with E-state index in [1.165, 1.54) is 6.33 Å². The Kier molecular flexibility index (Phi) is 6.69.